The molecule has 0 fully saturated rings. The monoisotopic (exact) mass is 281 g/mol. The topological polar surface area (TPSA) is 88.2 Å². The first-order chi connectivity index (χ1) is 9.58. The molecule has 0 heterocycles. The van der Waals surface area contributed by atoms with Crippen molar-refractivity contribution in [1.29, 1.82) is 5.26 Å². The van der Waals surface area contributed by atoms with Crippen LogP contribution in [0.3, 0.4) is 0 Å². The van der Waals surface area contributed by atoms with Gasteiger partial charge >= 0.3 is 5.69 Å². The van der Waals surface area contributed by atoms with Gasteiger partial charge in [-0.1, -0.05) is 6.92 Å². The van der Waals surface area contributed by atoms with E-state index in [4.69, 9.17) is 10.00 Å². The van der Waals surface area contributed by atoms with Gasteiger partial charge < -0.3 is 10.1 Å². The van der Waals surface area contributed by atoms with Crippen LogP contribution in [-0.2, 0) is 0 Å². The van der Waals surface area contributed by atoms with Crippen molar-refractivity contribution >= 4 is 5.69 Å². The molecule has 1 N–H and O–H groups in total. The third kappa shape index (κ3) is 4.82. The summed E-state index contributed by atoms with van der Waals surface area (Å²) in [7, 11) is 0. The van der Waals surface area contributed by atoms with Crippen LogP contribution in [0.1, 0.15) is 19.8 Å². The number of halogens is 1. The normalized spacial score (nSPS) is 11.7. The first-order valence-electron chi connectivity index (χ1n) is 6.28. The SMILES string of the molecule is CCCNC(C#N)CCOc1ccc(F)cc1[N+](=O)[O-]. The minimum absolute atomic E-state index is 0.00332. The molecule has 0 aliphatic heterocycles. The molecule has 108 valence electrons. The summed E-state index contributed by atoms with van der Waals surface area (Å²) in [6.07, 6.45) is 1.30. The van der Waals surface area contributed by atoms with Crippen molar-refractivity contribution in [2.24, 2.45) is 0 Å². The van der Waals surface area contributed by atoms with E-state index in [0.29, 0.717) is 6.42 Å². The Balaban J connectivity index is 2.57. The molecule has 1 unspecified atom stereocenters. The van der Waals surface area contributed by atoms with Crippen LogP contribution in [0.4, 0.5) is 10.1 Å². The lowest BCUT2D eigenvalue weighted by Gasteiger charge is -2.11. The van der Waals surface area contributed by atoms with Crippen LogP contribution in [-0.4, -0.2) is 24.1 Å². The van der Waals surface area contributed by atoms with Crippen LogP contribution < -0.4 is 10.1 Å². The molecule has 0 aromatic heterocycles. The number of nitriles is 1. The average molecular weight is 281 g/mol. The van der Waals surface area contributed by atoms with Gasteiger partial charge in [-0.25, -0.2) is 4.39 Å². The highest BCUT2D eigenvalue weighted by Crippen LogP contribution is 2.27. The zero-order valence-corrected chi connectivity index (χ0v) is 11.1. The molecule has 20 heavy (non-hydrogen) atoms. The fraction of sp³-hybridized carbons (Fsp3) is 0.462. The Kier molecular flexibility index (Phi) is 6.40. The van der Waals surface area contributed by atoms with E-state index >= 15 is 0 Å². The molecule has 0 radical (unpaired) electrons. The van der Waals surface area contributed by atoms with E-state index < -0.39 is 16.4 Å². The third-order valence-corrected chi connectivity index (χ3v) is 2.58. The summed E-state index contributed by atoms with van der Waals surface area (Å²) < 4.78 is 18.2. The number of benzene rings is 1. The van der Waals surface area contributed by atoms with Crippen LogP contribution >= 0.6 is 0 Å². The van der Waals surface area contributed by atoms with Gasteiger partial charge in [0.15, 0.2) is 5.75 Å². The van der Waals surface area contributed by atoms with Crippen molar-refractivity contribution in [2.45, 2.75) is 25.8 Å². The predicted molar refractivity (Wildman–Crippen MR) is 70.9 cm³/mol. The van der Waals surface area contributed by atoms with E-state index in [9.17, 15) is 14.5 Å². The Morgan fingerprint density at radius 3 is 2.95 bits per heavy atom. The molecule has 1 aromatic rings. The molecule has 6 nitrogen and oxygen atoms in total. The summed E-state index contributed by atoms with van der Waals surface area (Å²) >= 11 is 0. The summed E-state index contributed by atoms with van der Waals surface area (Å²) in [5.41, 5.74) is -0.417. The van der Waals surface area contributed by atoms with E-state index in [1.807, 2.05) is 6.92 Å². The number of nitrogens with one attached hydrogen (secondary N) is 1. The molecular weight excluding hydrogens is 265 g/mol. The van der Waals surface area contributed by atoms with E-state index in [1.54, 1.807) is 0 Å². The second-order valence-corrected chi connectivity index (χ2v) is 4.14. The minimum atomic E-state index is -0.699. The highest BCUT2D eigenvalue weighted by Gasteiger charge is 2.16. The number of hydrogen-bond acceptors (Lipinski definition) is 5. The Morgan fingerprint density at radius 1 is 1.60 bits per heavy atom. The molecule has 7 heteroatoms. The zero-order valence-electron chi connectivity index (χ0n) is 11.1. The van der Waals surface area contributed by atoms with E-state index in [2.05, 4.69) is 11.4 Å². The first-order valence-corrected chi connectivity index (χ1v) is 6.28. The molecule has 0 aliphatic carbocycles. The van der Waals surface area contributed by atoms with E-state index in [0.717, 1.165) is 25.1 Å². The summed E-state index contributed by atoms with van der Waals surface area (Å²) in [6.45, 7) is 2.84. The maximum Gasteiger partial charge on any atom is 0.313 e. The van der Waals surface area contributed by atoms with Gasteiger partial charge in [0.2, 0.25) is 0 Å². The van der Waals surface area contributed by atoms with Crippen LogP contribution in [0.15, 0.2) is 18.2 Å². The van der Waals surface area contributed by atoms with Crippen molar-refractivity contribution in [3.8, 4) is 11.8 Å². The van der Waals surface area contributed by atoms with Gasteiger partial charge in [0.05, 0.1) is 29.7 Å². The van der Waals surface area contributed by atoms with Gasteiger partial charge in [0.1, 0.15) is 5.82 Å². The number of nitro benzene ring substituents is 1. The Hall–Kier alpha value is -2.20. The van der Waals surface area contributed by atoms with Crippen LogP contribution in [0, 0.1) is 27.3 Å². The molecule has 0 spiro atoms. The predicted octanol–water partition coefficient (Wildman–Crippen LogP) is 2.39. The lowest BCUT2D eigenvalue weighted by molar-refractivity contribution is -0.386. The van der Waals surface area contributed by atoms with Gasteiger partial charge in [0, 0.05) is 6.42 Å². The number of nitro groups is 1. The Morgan fingerprint density at radius 2 is 2.35 bits per heavy atom. The van der Waals surface area contributed by atoms with Crippen molar-refractivity contribution < 1.29 is 14.1 Å². The summed E-state index contributed by atoms with van der Waals surface area (Å²) in [5.74, 6) is -0.688. The fourth-order valence-electron chi connectivity index (χ4n) is 1.57. The van der Waals surface area contributed by atoms with Crippen LogP contribution in [0.2, 0.25) is 0 Å². The number of hydrogen-bond donors (Lipinski definition) is 1. The van der Waals surface area contributed by atoms with E-state index in [-0.39, 0.29) is 18.4 Å². The Bertz CT molecular complexity index is 502. The average Bonchev–Trinajstić information content (AvgIpc) is 2.43. The molecule has 1 aromatic carbocycles. The lowest BCUT2D eigenvalue weighted by Crippen LogP contribution is -2.29. The van der Waals surface area contributed by atoms with Crippen LogP contribution in [0.25, 0.3) is 0 Å². The van der Waals surface area contributed by atoms with Crippen molar-refractivity contribution in [3.05, 3.63) is 34.1 Å². The molecule has 1 rings (SSSR count). The molecule has 0 bridgehead atoms. The Labute approximate surface area is 116 Å². The highest BCUT2D eigenvalue weighted by molar-refractivity contribution is 5.46. The van der Waals surface area contributed by atoms with Crippen molar-refractivity contribution in [3.63, 3.8) is 0 Å². The largest absolute Gasteiger partial charge is 0.487 e. The lowest BCUT2D eigenvalue weighted by atomic mass is 10.2. The van der Waals surface area contributed by atoms with Crippen LogP contribution in [0.5, 0.6) is 5.75 Å². The maximum absolute atomic E-state index is 12.9. The quantitative estimate of drug-likeness (QED) is 0.584. The van der Waals surface area contributed by atoms with Gasteiger partial charge in [0.25, 0.3) is 0 Å². The van der Waals surface area contributed by atoms with Gasteiger partial charge in [-0.15, -0.1) is 0 Å². The fourth-order valence-corrected chi connectivity index (χ4v) is 1.57. The standard InChI is InChI=1S/C13H16FN3O3/c1-2-6-16-11(9-15)5-7-20-13-4-3-10(14)8-12(13)17(18)19/h3-4,8,11,16H,2,5-7H2,1H3. The third-order valence-electron chi connectivity index (χ3n) is 2.58. The number of rotatable bonds is 8. The molecule has 0 amide bonds. The van der Waals surface area contributed by atoms with Gasteiger partial charge in [-0.3, -0.25) is 10.1 Å². The van der Waals surface area contributed by atoms with E-state index in [1.165, 1.54) is 6.07 Å². The number of nitrogens with zero attached hydrogens (tertiary/aromatic N) is 2. The summed E-state index contributed by atoms with van der Waals surface area (Å²) in [4.78, 5) is 10.1. The molecule has 0 aliphatic rings. The highest BCUT2D eigenvalue weighted by atomic mass is 19.1. The number of ether oxygens (including phenoxy) is 1. The second-order valence-electron chi connectivity index (χ2n) is 4.14. The van der Waals surface area contributed by atoms with Gasteiger partial charge in [-0.2, -0.15) is 5.26 Å². The van der Waals surface area contributed by atoms with Crippen molar-refractivity contribution in [2.75, 3.05) is 13.2 Å². The second kappa shape index (κ2) is 8.07. The molecule has 0 saturated carbocycles. The maximum atomic E-state index is 12.9. The first kappa shape index (κ1) is 15.9. The zero-order chi connectivity index (χ0) is 15.0. The smallest absolute Gasteiger partial charge is 0.313 e. The molecule has 1 atom stereocenters. The molecular formula is C13H16FN3O3. The minimum Gasteiger partial charge on any atom is -0.487 e. The van der Waals surface area contributed by atoms with Gasteiger partial charge in [-0.05, 0) is 25.1 Å². The summed E-state index contributed by atoms with van der Waals surface area (Å²) in [5, 5.41) is 22.7. The van der Waals surface area contributed by atoms with Crippen molar-refractivity contribution in [1.82, 2.24) is 5.32 Å². The summed E-state index contributed by atoms with van der Waals surface area (Å²) in [6, 6.07) is 4.84. The molecule has 0 saturated heterocycles.